The molecule has 0 radical (unpaired) electrons. The molecule has 1 aromatic heterocycles. The van der Waals surface area contributed by atoms with Gasteiger partial charge in [0, 0.05) is 48.7 Å². The third-order valence-electron chi connectivity index (χ3n) is 6.92. The molecule has 1 aliphatic heterocycles. The Morgan fingerprint density at radius 2 is 1.89 bits per heavy atom. The van der Waals surface area contributed by atoms with Crippen LogP contribution in [0.3, 0.4) is 0 Å². The maximum Gasteiger partial charge on any atom is 0.309 e. The zero-order chi connectivity index (χ0) is 27.1. The summed E-state index contributed by atoms with van der Waals surface area (Å²) in [5.41, 5.74) is 12.3. The zero-order valence-electron chi connectivity index (χ0n) is 22.3. The van der Waals surface area contributed by atoms with Gasteiger partial charge in [0.25, 0.3) is 0 Å². The minimum absolute atomic E-state index is 0.0319. The third-order valence-corrected chi connectivity index (χ3v) is 6.92. The van der Waals surface area contributed by atoms with Crippen molar-refractivity contribution in [2.75, 3.05) is 42.7 Å². The number of carbonyl (C=O) groups excluding carboxylic acids is 1. The Balaban J connectivity index is 1.55. The van der Waals surface area contributed by atoms with E-state index in [9.17, 15) is 4.79 Å². The molecule has 4 N–H and O–H groups in total. The number of nitrogens with one attached hydrogen (secondary N) is 2. The number of aliphatic imine (C=N–C) groups is 1. The summed E-state index contributed by atoms with van der Waals surface area (Å²) >= 11 is 0. The van der Waals surface area contributed by atoms with Crippen LogP contribution in [0.4, 0.5) is 22.9 Å². The monoisotopic (exact) mass is 512 g/mol. The smallest absolute Gasteiger partial charge is 0.309 e. The lowest BCUT2D eigenvalue weighted by atomic mass is 9.93. The summed E-state index contributed by atoms with van der Waals surface area (Å²) in [4.78, 5) is 23.1. The van der Waals surface area contributed by atoms with Gasteiger partial charge in [-0.05, 0) is 49.9 Å². The number of nitrogens with two attached hydrogens (primary N) is 1. The van der Waals surface area contributed by atoms with Gasteiger partial charge in [-0.1, -0.05) is 37.3 Å². The molecular weight excluding hydrogens is 476 g/mol. The number of nitrogen functional groups attached to an aromatic ring is 1. The number of aromatic nitrogens is 1. The van der Waals surface area contributed by atoms with Crippen molar-refractivity contribution < 1.29 is 9.53 Å². The maximum atomic E-state index is 12.1. The van der Waals surface area contributed by atoms with Crippen molar-refractivity contribution >= 4 is 40.8 Å². The second kappa shape index (κ2) is 12.4. The van der Waals surface area contributed by atoms with Gasteiger partial charge < -0.3 is 20.7 Å². The number of nitrogens with zero attached hydrogens (tertiary/aromatic N) is 3. The van der Waals surface area contributed by atoms with Crippen LogP contribution in [0.15, 0.2) is 59.7 Å². The SMILES string of the molecule is CCOC(=O)C1CCN(c2ccc(Nc3c(CC)cccc3C(=N)c3cccc(N)c3C=NC)cn2)CC1. The van der Waals surface area contributed by atoms with E-state index in [0.717, 1.165) is 71.8 Å². The van der Waals surface area contributed by atoms with Gasteiger partial charge in [-0.25, -0.2) is 4.98 Å². The first kappa shape index (κ1) is 26.9. The van der Waals surface area contributed by atoms with E-state index in [1.165, 1.54) is 0 Å². The molecule has 1 saturated heterocycles. The van der Waals surface area contributed by atoms with Crippen molar-refractivity contribution in [1.82, 2.24) is 4.98 Å². The summed E-state index contributed by atoms with van der Waals surface area (Å²) in [6, 6.07) is 15.6. The normalized spacial score (nSPS) is 14.0. The Kier molecular flexibility index (Phi) is 8.73. The third kappa shape index (κ3) is 5.85. The number of para-hydroxylation sites is 1. The van der Waals surface area contributed by atoms with Gasteiger partial charge in [-0.3, -0.25) is 15.2 Å². The Hall–Kier alpha value is -4.20. The topological polar surface area (TPSA) is 117 Å². The molecule has 2 aromatic carbocycles. The highest BCUT2D eigenvalue weighted by Gasteiger charge is 2.26. The summed E-state index contributed by atoms with van der Waals surface area (Å²) in [7, 11) is 1.70. The summed E-state index contributed by atoms with van der Waals surface area (Å²) in [5.74, 6) is 0.760. The van der Waals surface area contributed by atoms with Gasteiger partial charge in [0.1, 0.15) is 5.82 Å². The van der Waals surface area contributed by atoms with E-state index in [1.807, 2.05) is 55.6 Å². The fourth-order valence-corrected chi connectivity index (χ4v) is 4.87. The van der Waals surface area contributed by atoms with Gasteiger partial charge in [0.15, 0.2) is 0 Å². The molecule has 0 amide bonds. The summed E-state index contributed by atoms with van der Waals surface area (Å²) in [5, 5.41) is 12.6. The zero-order valence-corrected chi connectivity index (χ0v) is 22.3. The van der Waals surface area contributed by atoms with Crippen molar-refractivity contribution in [3.63, 3.8) is 0 Å². The molecule has 0 aliphatic carbocycles. The van der Waals surface area contributed by atoms with Crippen LogP contribution < -0.4 is 16.0 Å². The number of carbonyl (C=O) groups is 1. The number of ether oxygens (including phenoxy) is 1. The largest absolute Gasteiger partial charge is 0.466 e. The number of aryl methyl sites for hydroxylation is 1. The van der Waals surface area contributed by atoms with Gasteiger partial charge in [-0.2, -0.15) is 0 Å². The number of esters is 1. The Bertz CT molecular complexity index is 1310. The van der Waals surface area contributed by atoms with Crippen LogP contribution in [0.2, 0.25) is 0 Å². The van der Waals surface area contributed by atoms with Crippen LogP contribution in [0.1, 0.15) is 48.9 Å². The van der Waals surface area contributed by atoms with E-state index in [2.05, 4.69) is 28.2 Å². The Morgan fingerprint density at radius 1 is 1.16 bits per heavy atom. The minimum Gasteiger partial charge on any atom is -0.466 e. The summed E-state index contributed by atoms with van der Waals surface area (Å²) < 4.78 is 5.18. The quantitative estimate of drug-likeness (QED) is 0.206. The van der Waals surface area contributed by atoms with Crippen molar-refractivity contribution in [3.05, 3.63) is 77.0 Å². The second-order valence-electron chi connectivity index (χ2n) is 9.31. The van der Waals surface area contributed by atoms with Crippen LogP contribution in [0.5, 0.6) is 0 Å². The molecule has 4 rings (SSSR count). The lowest BCUT2D eigenvalue weighted by Crippen LogP contribution is -2.37. The molecule has 0 spiro atoms. The lowest BCUT2D eigenvalue weighted by molar-refractivity contribution is -0.148. The van der Waals surface area contributed by atoms with Gasteiger partial charge in [-0.15, -0.1) is 0 Å². The lowest BCUT2D eigenvalue weighted by Gasteiger charge is -2.31. The highest BCUT2D eigenvalue weighted by atomic mass is 16.5. The first-order valence-corrected chi connectivity index (χ1v) is 13.1. The van der Waals surface area contributed by atoms with Gasteiger partial charge >= 0.3 is 5.97 Å². The minimum atomic E-state index is -0.0945. The highest BCUT2D eigenvalue weighted by Crippen LogP contribution is 2.30. The average Bonchev–Trinajstić information content (AvgIpc) is 2.94. The Morgan fingerprint density at radius 3 is 2.55 bits per heavy atom. The van der Waals surface area contributed by atoms with E-state index in [-0.39, 0.29) is 11.9 Å². The molecule has 8 nitrogen and oxygen atoms in total. The second-order valence-corrected chi connectivity index (χ2v) is 9.31. The molecular formula is C30H36N6O2. The summed E-state index contributed by atoms with van der Waals surface area (Å²) in [6.45, 7) is 5.91. The fraction of sp³-hybridized carbons (Fsp3) is 0.333. The molecule has 1 aliphatic rings. The number of benzene rings is 2. The average molecular weight is 513 g/mol. The van der Waals surface area contributed by atoms with Gasteiger partial charge in [0.2, 0.25) is 0 Å². The Labute approximate surface area is 224 Å². The first-order valence-electron chi connectivity index (χ1n) is 13.1. The fourth-order valence-electron chi connectivity index (χ4n) is 4.87. The number of rotatable bonds is 9. The molecule has 38 heavy (non-hydrogen) atoms. The van der Waals surface area contributed by atoms with Gasteiger partial charge in [0.05, 0.1) is 35.8 Å². The van der Waals surface area contributed by atoms with E-state index >= 15 is 0 Å². The molecule has 198 valence electrons. The van der Waals surface area contributed by atoms with Crippen molar-refractivity contribution in [2.45, 2.75) is 33.1 Å². The molecule has 0 bridgehead atoms. The van der Waals surface area contributed by atoms with E-state index in [1.54, 1.807) is 13.3 Å². The number of piperidine rings is 1. The standard InChI is InChI=1S/C30H36N6O2/c1-4-20-8-6-10-24(28(32)23-9-7-11-26(31)25(23)19-33-3)29(20)35-22-12-13-27(34-18-22)36-16-14-21(15-17-36)30(37)38-5-2/h6-13,18-19,21,32,35H,4-5,14-17,31H2,1-3H3. The van der Waals surface area contributed by atoms with E-state index in [4.69, 9.17) is 20.9 Å². The van der Waals surface area contributed by atoms with Crippen LogP contribution in [0.25, 0.3) is 0 Å². The van der Waals surface area contributed by atoms with Crippen molar-refractivity contribution in [2.24, 2.45) is 10.9 Å². The van der Waals surface area contributed by atoms with Crippen molar-refractivity contribution in [1.29, 1.82) is 5.41 Å². The number of anilines is 4. The maximum absolute atomic E-state index is 12.1. The van der Waals surface area contributed by atoms with Crippen LogP contribution in [-0.4, -0.2) is 49.6 Å². The molecule has 8 heteroatoms. The number of hydrogen-bond donors (Lipinski definition) is 3. The van der Waals surface area contributed by atoms with E-state index in [0.29, 0.717) is 18.0 Å². The van der Waals surface area contributed by atoms with E-state index < -0.39 is 0 Å². The molecule has 0 unspecified atom stereocenters. The molecule has 0 atom stereocenters. The number of pyridine rings is 1. The predicted octanol–water partition coefficient (Wildman–Crippen LogP) is 5.21. The van der Waals surface area contributed by atoms with Crippen LogP contribution in [-0.2, 0) is 16.0 Å². The number of hydrogen-bond acceptors (Lipinski definition) is 8. The molecule has 0 saturated carbocycles. The first-order chi connectivity index (χ1) is 18.5. The van der Waals surface area contributed by atoms with Crippen LogP contribution >= 0.6 is 0 Å². The van der Waals surface area contributed by atoms with Crippen molar-refractivity contribution in [3.8, 4) is 0 Å². The summed E-state index contributed by atoms with van der Waals surface area (Å²) in [6.07, 6.45) is 5.87. The molecule has 3 aromatic rings. The molecule has 1 fully saturated rings. The predicted molar refractivity (Wildman–Crippen MR) is 155 cm³/mol. The molecule has 2 heterocycles. The van der Waals surface area contributed by atoms with Crippen LogP contribution in [0, 0.1) is 11.3 Å². The highest BCUT2D eigenvalue weighted by molar-refractivity contribution is 6.18.